The van der Waals surface area contributed by atoms with Gasteiger partial charge in [-0.3, -0.25) is 15.0 Å². The number of hydrazine groups is 1. The molecule has 2 aromatic rings. The van der Waals surface area contributed by atoms with Crippen LogP contribution in [0.2, 0.25) is 0 Å². The van der Waals surface area contributed by atoms with Crippen LogP contribution in [0.1, 0.15) is 47.1 Å². The highest BCUT2D eigenvalue weighted by Gasteiger charge is 2.30. The van der Waals surface area contributed by atoms with Gasteiger partial charge in [-0.1, -0.05) is 30.3 Å². The predicted octanol–water partition coefficient (Wildman–Crippen LogP) is 3.29. The van der Waals surface area contributed by atoms with Crippen molar-refractivity contribution in [2.45, 2.75) is 33.2 Å². The molecule has 0 radical (unpaired) electrons. The summed E-state index contributed by atoms with van der Waals surface area (Å²) in [6, 6.07) is 13.7. The molecule has 0 heterocycles. The molecule has 0 aromatic heterocycles. The lowest BCUT2D eigenvalue weighted by Gasteiger charge is -2.35. The lowest BCUT2D eigenvalue weighted by Crippen LogP contribution is -2.55. The molecule has 2 aromatic carbocycles. The van der Waals surface area contributed by atoms with Crippen molar-refractivity contribution >= 4 is 11.8 Å². The van der Waals surface area contributed by atoms with Gasteiger partial charge in [-0.05, 0) is 51.5 Å². The molecule has 2 rings (SSSR count). The van der Waals surface area contributed by atoms with Gasteiger partial charge in [0, 0.05) is 5.56 Å². The first-order valence-corrected chi connectivity index (χ1v) is 7.71. The highest BCUT2D eigenvalue weighted by Crippen LogP contribution is 2.22. The average Bonchev–Trinajstić information content (AvgIpc) is 2.54. The number of amides is 2. The summed E-state index contributed by atoms with van der Waals surface area (Å²) in [6.45, 7) is 7.18. The first-order chi connectivity index (χ1) is 11.2. The number of aryl methyl sites for hydroxylation is 1. The first-order valence-electron chi connectivity index (χ1n) is 7.71. The molecule has 5 heteroatoms. The predicted molar refractivity (Wildman–Crippen MR) is 92.7 cm³/mol. The normalized spacial score (nSPS) is 11.0. The van der Waals surface area contributed by atoms with Crippen LogP contribution in [-0.4, -0.2) is 27.5 Å². The van der Waals surface area contributed by atoms with Crippen LogP contribution in [0.25, 0.3) is 0 Å². The number of phenols is 1. The number of carbonyl (C=O) groups is 2. The van der Waals surface area contributed by atoms with E-state index in [1.165, 1.54) is 11.1 Å². The van der Waals surface area contributed by atoms with Crippen LogP contribution in [0.3, 0.4) is 0 Å². The third-order valence-corrected chi connectivity index (χ3v) is 3.59. The number of nitrogens with zero attached hydrogens (tertiary/aromatic N) is 1. The minimum absolute atomic E-state index is 0.0870. The maximum absolute atomic E-state index is 12.8. The monoisotopic (exact) mass is 326 g/mol. The van der Waals surface area contributed by atoms with E-state index in [0.29, 0.717) is 11.1 Å². The molecule has 0 aliphatic carbocycles. The molecule has 24 heavy (non-hydrogen) atoms. The van der Waals surface area contributed by atoms with Crippen molar-refractivity contribution in [3.8, 4) is 5.75 Å². The minimum Gasteiger partial charge on any atom is -0.507 e. The van der Waals surface area contributed by atoms with Crippen LogP contribution >= 0.6 is 0 Å². The smallest absolute Gasteiger partial charge is 0.273 e. The molecule has 0 fully saturated rings. The van der Waals surface area contributed by atoms with Crippen LogP contribution in [0.5, 0.6) is 5.75 Å². The van der Waals surface area contributed by atoms with E-state index in [0.717, 1.165) is 0 Å². The van der Waals surface area contributed by atoms with E-state index >= 15 is 0 Å². The van der Waals surface area contributed by atoms with E-state index in [4.69, 9.17) is 0 Å². The van der Waals surface area contributed by atoms with E-state index in [9.17, 15) is 14.7 Å². The molecule has 0 bridgehead atoms. The van der Waals surface area contributed by atoms with E-state index in [1.54, 1.807) is 43.3 Å². The van der Waals surface area contributed by atoms with E-state index in [1.807, 2.05) is 26.8 Å². The second kappa shape index (κ2) is 6.74. The van der Waals surface area contributed by atoms with Gasteiger partial charge in [0.25, 0.3) is 11.8 Å². The van der Waals surface area contributed by atoms with Crippen LogP contribution in [0.4, 0.5) is 0 Å². The molecule has 0 unspecified atom stereocenters. The number of carbonyl (C=O) groups excluding carboxylic acids is 2. The third kappa shape index (κ3) is 3.74. The van der Waals surface area contributed by atoms with Crippen molar-refractivity contribution < 1.29 is 14.7 Å². The summed E-state index contributed by atoms with van der Waals surface area (Å²) in [5, 5.41) is 11.4. The molecule has 5 nitrogen and oxygen atoms in total. The Morgan fingerprint density at radius 3 is 2.21 bits per heavy atom. The highest BCUT2D eigenvalue weighted by atomic mass is 16.3. The molecule has 0 spiro atoms. The average molecular weight is 326 g/mol. The summed E-state index contributed by atoms with van der Waals surface area (Å²) in [6.07, 6.45) is 0. The molecule has 2 amide bonds. The van der Waals surface area contributed by atoms with Gasteiger partial charge < -0.3 is 5.11 Å². The number of hydrogen-bond acceptors (Lipinski definition) is 3. The van der Waals surface area contributed by atoms with Gasteiger partial charge in [0.2, 0.25) is 0 Å². The fraction of sp³-hybridized carbons (Fsp3) is 0.263. The van der Waals surface area contributed by atoms with Gasteiger partial charge >= 0.3 is 0 Å². The van der Waals surface area contributed by atoms with Gasteiger partial charge in [0.15, 0.2) is 0 Å². The largest absolute Gasteiger partial charge is 0.507 e. The molecule has 0 saturated heterocycles. The Bertz CT molecular complexity index is 749. The first kappa shape index (κ1) is 17.5. The molecule has 0 saturated carbocycles. The number of aromatic hydroxyl groups is 1. The number of rotatable bonds is 2. The zero-order valence-electron chi connectivity index (χ0n) is 14.3. The Morgan fingerprint density at radius 2 is 1.62 bits per heavy atom. The standard InChI is InChI=1S/C19H22N2O3/c1-13-9-8-12-15(16(13)22)17(23)20-21(19(2,3)4)18(24)14-10-6-5-7-11-14/h5-12,22H,1-4H3,(H,20,23). The Labute approximate surface area is 141 Å². The number of para-hydroxylation sites is 1. The van der Waals surface area contributed by atoms with Gasteiger partial charge in [-0.25, -0.2) is 5.01 Å². The molecule has 0 aliphatic rings. The Balaban J connectivity index is 2.32. The van der Waals surface area contributed by atoms with Crippen LogP contribution < -0.4 is 5.43 Å². The fourth-order valence-electron chi connectivity index (χ4n) is 2.24. The molecule has 126 valence electrons. The Morgan fingerprint density at radius 1 is 1.00 bits per heavy atom. The fourth-order valence-corrected chi connectivity index (χ4v) is 2.24. The molecule has 0 aliphatic heterocycles. The SMILES string of the molecule is Cc1cccc(C(=O)NN(C(=O)c2ccccc2)C(C)(C)C)c1O. The summed E-state index contributed by atoms with van der Waals surface area (Å²) in [4.78, 5) is 25.3. The maximum atomic E-state index is 12.8. The Hall–Kier alpha value is -2.82. The second-order valence-corrected chi connectivity index (χ2v) is 6.59. The van der Waals surface area contributed by atoms with Crippen molar-refractivity contribution in [2.24, 2.45) is 0 Å². The molecule has 0 atom stereocenters. The van der Waals surface area contributed by atoms with Crippen molar-refractivity contribution in [1.29, 1.82) is 0 Å². The second-order valence-electron chi connectivity index (χ2n) is 6.59. The zero-order valence-corrected chi connectivity index (χ0v) is 14.3. The third-order valence-electron chi connectivity index (χ3n) is 3.59. The Kier molecular flexibility index (Phi) is 4.93. The number of nitrogens with one attached hydrogen (secondary N) is 1. The minimum atomic E-state index is -0.637. The summed E-state index contributed by atoms with van der Waals surface area (Å²) in [5.41, 5.74) is 3.19. The highest BCUT2D eigenvalue weighted by molar-refractivity contribution is 6.00. The van der Waals surface area contributed by atoms with Gasteiger partial charge in [-0.15, -0.1) is 0 Å². The molecular weight excluding hydrogens is 304 g/mol. The van der Waals surface area contributed by atoms with E-state index in [2.05, 4.69) is 5.43 Å². The van der Waals surface area contributed by atoms with Crippen molar-refractivity contribution in [3.63, 3.8) is 0 Å². The van der Waals surface area contributed by atoms with Crippen LogP contribution in [0.15, 0.2) is 48.5 Å². The summed E-state index contributed by atoms with van der Waals surface area (Å²) in [7, 11) is 0. The summed E-state index contributed by atoms with van der Waals surface area (Å²) in [5.74, 6) is -0.935. The lowest BCUT2D eigenvalue weighted by molar-refractivity contribution is 0.0357. The molecular formula is C19H22N2O3. The number of hydrogen-bond donors (Lipinski definition) is 2. The lowest BCUT2D eigenvalue weighted by atomic mass is 10.1. The van der Waals surface area contributed by atoms with Crippen LogP contribution in [0, 0.1) is 6.92 Å². The summed E-state index contributed by atoms with van der Waals surface area (Å²) < 4.78 is 0. The topological polar surface area (TPSA) is 69.6 Å². The van der Waals surface area contributed by atoms with Gasteiger partial charge in [0.1, 0.15) is 5.75 Å². The maximum Gasteiger partial charge on any atom is 0.273 e. The molecule has 2 N–H and O–H groups in total. The van der Waals surface area contributed by atoms with Crippen molar-refractivity contribution in [2.75, 3.05) is 0 Å². The van der Waals surface area contributed by atoms with Gasteiger partial charge in [-0.2, -0.15) is 0 Å². The van der Waals surface area contributed by atoms with Crippen LogP contribution in [-0.2, 0) is 0 Å². The van der Waals surface area contributed by atoms with E-state index in [-0.39, 0.29) is 17.2 Å². The zero-order chi connectivity index (χ0) is 17.9. The number of phenolic OH excluding ortho intramolecular Hbond substituents is 1. The van der Waals surface area contributed by atoms with Gasteiger partial charge in [0.05, 0.1) is 11.1 Å². The quantitative estimate of drug-likeness (QED) is 0.832. The van der Waals surface area contributed by atoms with Crippen molar-refractivity contribution in [1.82, 2.24) is 10.4 Å². The van der Waals surface area contributed by atoms with E-state index < -0.39 is 11.4 Å². The summed E-state index contributed by atoms with van der Waals surface area (Å²) >= 11 is 0. The van der Waals surface area contributed by atoms with Crippen molar-refractivity contribution in [3.05, 3.63) is 65.2 Å². The number of benzene rings is 2.